The lowest BCUT2D eigenvalue weighted by molar-refractivity contribution is -0.150. The van der Waals surface area contributed by atoms with E-state index >= 15 is 0 Å². The molecule has 340 valence electrons. The Labute approximate surface area is 364 Å². The van der Waals surface area contributed by atoms with Crippen LogP contribution in [0.3, 0.4) is 0 Å². The van der Waals surface area contributed by atoms with Gasteiger partial charge in [0.2, 0.25) is 17.7 Å². The lowest BCUT2D eigenvalue weighted by atomic mass is 9.83. The summed E-state index contributed by atoms with van der Waals surface area (Å²) in [5.74, 6) is -2.32. The lowest BCUT2D eigenvalue weighted by Gasteiger charge is -2.41. The fourth-order valence-corrected chi connectivity index (χ4v) is 9.11. The van der Waals surface area contributed by atoms with E-state index in [1.54, 1.807) is 43.1 Å². The molecular weight excluding hydrogens is 777 g/mol. The average Bonchev–Trinajstić information content (AvgIpc) is 3.71. The number of aromatic nitrogens is 1. The maximum Gasteiger partial charge on any atom is 0.328 e. The van der Waals surface area contributed by atoms with Crippen LogP contribution in [-0.2, 0) is 51.1 Å². The number of hydrogen-bond donors (Lipinski definition) is 2. The molecule has 14 nitrogen and oxygen atoms in total. The number of rotatable bonds is 24. The lowest BCUT2D eigenvalue weighted by Crippen LogP contribution is -2.55. The van der Waals surface area contributed by atoms with Gasteiger partial charge in [0, 0.05) is 59.3 Å². The second kappa shape index (κ2) is 24.3. The first-order valence-corrected chi connectivity index (χ1v) is 21.9. The molecule has 0 aliphatic carbocycles. The number of methoxy groups -OCH3 is 3. The van der Waals surface area contributed by atoms with E-state index in [1.807, 2.05) is 83.0 Å². The van der Waals surface area contributed by atoms with Gasteiger partial charge in [0.25, 0.3) is 0 Å². The number of nitrogens with two attached hydrogens (primary N) is 1. The maximum absolute atomic E-state index is 14.6. The van der Waals surface area contributed by atoms with Gasteiger partial charge in [0.15, 0.2) is 5.78 Å². The normalized spacial score (nSPS) is 18.2. The van der Waals surface area contributed by atoms with Crippen LogP contribution >= 0.6 is 0 Å². The number of esters is 1. The minimum Gasteiger partial charge on any atom is -0.467 e. The Morgan fingerprint density at radius 3 is 2.15 bits per heavy atom. The standard InChI is InChI=1S/C47H74N6O8/c1-13-31(6)43(52(9)46(57)35(29(2)3)26-38(54)42(30(4)5)51(8)28-34-21-22-49-40(48)25-34)39(59-10)27-41(55)53-23-17-20-37(53)44(60-11)32(7)45(56)50-36(47(58)61-12)24-33-18-15-14-16-19-33/h14-16,18-19,21-22,25,29-32,35-37,39,42-44H,13,17,20,23-24,26-28H2,1-12H3,(H2,48,49)(H,50,56)/t31-,32+,35-,36-,37-,39+,42-,43-,44+/m0/s1. The minimum atomic E-state index is -0.898. The number of carbonyl (C=O) groups excluding carboxylic acids is 5. The van der Waals surface area contributed by atoms with Gasteiger partial charge in [-0.25, -0.2) is 9.78 Å². The molecule has 2 heterocycles. The molecule has 1 fully saturated rings. The number of carbonyl (C=O) groups is 5. The zero-order valence-corrected chi connectivity index (χ0v) is 38.8. The highest BCUT2D eigenvalue weighted by atomic mass is 16.5. The first kappa shape index (κ1) is 51.0. The number of ketones is 1. The van der Waals surface area contributed by atoms with Crippen LogP contribution in [0.4, 0.5) is 5.82 Å². The number of amides is 3. The summed E-state index contributed by atoms with van der Waals surface area (Å²) in [7, 11) is 8.06. The van der Waals surface area contributed by atoms with Crippen molar-refractivity contribution < 1.29 is 38.2 Å². The number of nitrogens with zero attached hydrogens (tertiary/aromatic N) is 4. The van der Waals surface area contributed by atoms with Crippen LogP contribution in [0.15, 0.2) is 48.7 Å². The number of benzene rings is 1. The fraction of sp³-hybridized carbons (Fsp3) is 0.660. The van der Waals surface area contributed by atoms with E-state index < -0.39 is 54.2 Å². The molecule has 0 unspecified atom stereocenters. The van der Waals surface area contributed by atoms with Gasteiger partial charge in [-0.15, -0.1) is 0 Å². The number of pyridine rings is 1. The molecule has 1 saturated heterocycles. The first-order valence-electron chi connectivity index (χ1n) is 21.9. The van der Waals surface area contributed by atoms with E-state index in [4.69, 9.17) is 19.9 Å². The number of nitrogen functional groups attached to an aromatic ring is 1. The van der Waals surface area contributed by atoms with Gasteiger partial charge in [-0.3, -0.25) is 24.1 Å². The first-order chi connectivity index (χ1) is 28.9. The Bertz CT molecular complexity index is 1730. The van der Waals surface area contributed by atoms with Crippen molar-refractivity contribution in [3.63, 3.8) is 0 Å². The zero-order chi connectivity index (χ0) is 45.6. The number of likely N-dealkylation sites (N-methyl/N-ethyl adjacent to an activating group) is 2. The molecule has 0 spiro atoms. The van der Waals surface area contributed by atoms with E-state index in [9.17, 15) is 24.0 Å². The van der Waals surface area contributed by atoms with Crippen molar-refractivity contribution in [3.05, 3.63) is 59.8 Å². The number of hydrogen-bond acceptors (Lipinski definition) is 11. The molecule has 0 saturated carbocycles. The summed E-state index contributed by atoms with van der Waals surface area (Å²) in [6.07, 6.45) is 2.77. The van der Waals surface area contributed by atoms with Crippen molar-refractivity contribution >= 4 is 35.3 Å². The average molecular weight is 851 g/mol. The molecule has 3 N–H and O–H groups in total. The minimum absolute atomic E-state index is 0.00312. The molecule has 61 heavy (non-hydrogen) atoms. The van der Waals surface area contributed by atoms with Crippen molar-refractivity contribution in [1.82, 2.24) is 25.0 Å². The van der Waals surface area contributed by atoms with Gasteiger partial charge in [-0.1, -0.05) is 85.2 Å². The Hall–Kier alpha value is -4.40. The van der Waals surface area contributed by atoms with Crippen molar-refractivity contribution in [2.24, 2.45) is 29.6 Å². The van der Waals surface area contributed by atoms with Gasteiger partial charge in [-0.05, 0) is 60.9 Å². The SMILES string of the molecule is CC[C@H](C)[C@@H]([C@@H](CC(=O)N1CCC[C@H]1[C@H](OC)[C@@H](C)C(=O)N[C@@H](Cc1ccccc1)C(=O)OC)OC)N(C)C(=O)[C@@H](CC(=O)[C@H](C(C)C)N(C)Cc1ccnc(N)c1)C(C)C. The second-order valence-electron chi connectivity index (χ2n) is 17.6. The predicted octanol–water partition coefficient (Wildman–Crippen LogP) is 5.17. The molecule has 1 aromatic carbocycles. The van der Waals surface area contributed by atoms with E-state index in [2.05, 4.69) is 17.2 Å². The number of Topliss-reactive ketones (excluding diaryl/α,β-unsaturated/α-hetero) is 1. The predicted molar refractivity (Wildman–Crippen MR) is 237 cm³/mol. The van der Waals surface area contributed by atoms with Gasteiger partial charge < -0.3 is 35.1 Å². The van der Waals surface area contributed by atoms with E-state index in [-0.39, 0.29) is 60.5 Å². The molecule has 1 aliphatic heterocycles. The highest BCUT2D eigenvalue weighted by Crippen LogP contribution is 2.31. The molecule has 0 bridgehead atoms. The number of nitrogens with one attached hydrogen (secondary N) is 1. The van der Waals surface area contributed by atoms with Crippen LogP contribution in [0.5, 0.6) is 0 Å². The van der Waals surface area contributed by atoms with E-state index in [0.717, 1.165) is 24.0 Å². The van der Waals surface area contributed by atoms with Gasteiger partial charge in [0.1, 0.15) is 11.9 Å². The van der Waals surface area contributed by atoms with Crippen LogP contribution in [0, 0.1) is 29.6 Å². The second-order valence-corrected chi connectivity index (χ2v) is 17.6. The van der Waals surface area contributed by atoms with Gasteiger partial charge >= 0.3 is 5.97 Å². The molecular formula is C47H74N6O8. The summed E-state index contributed by atoms with van der Waals surface area (Å²) in [6.45, 7) is 14.8. The molecule has 14 heteroatoms. The van der Waals surface area contributed by atoms with Gasteiger partial charge in [-0.2, -0.15) is 0 Å². The topological polar surface area (TPSA) is 174 Å². The van der Waals surface area contributed by atoms with Crippen molar-refractivity contribution in [2.75, 3.05) is 47.7 Å². The fourth-order valence-electron chi connectivity index (χ4n) is 9.11. The zero-order valence-electron chi connectivity index (χ0n) is 38.8. The quantitative estimate of drug-likeness (QED) is 0.134. The number of ether oxygens (including phenoxy) is 3. The molecule has 0 radical (unpaired) electrons. The van der Waals surface area contributed by atoms with E-state index in [0.29, 0.717) is 25.3 Å². The summed E-state index contributed by atoms with van der Waals surface area (Å²) in [5.41, 5.74) is 7.74. The highest BCUT2D eigenvalue weighted by molar-refractivity contribution is 5.90. The van der Waals surface area contributed by atoms with Crippen molar-refractivity contribution in [1.29, 1.82) is 0 Å². The molecule has 3 amide bonds. The summed E-state index contributed by atoms with van der Waals surface area (Å²) in [6, 6.07) is 10.9. The highest BCUT2D eigenvalue weighted by Gasteiger charge is 2.43. The van der Waals surface area contributed by atoms with Crippen LogP contribution in [0.1, 0.15) is 91.7 Å². The van der Waals surface area contributed by atoms with E-state index in [1.165, 1.54) is 14.2 Å². The van der Waals surface area contributed by atoms with Crippen LogP contribution in [-0.4, -0.2) is 128 Å². The van der Waals surface area contributed by atoms with Crippen LogP contribution < -0.4 is 11.1 Å². The smallest absolute Gasteiger partial charge is 0.328 e. The third kappa shape index (κ3) is 13.8. The molecule has 1 aromatic heterocycles. The third-order valence-corrected chi connectivity index (χ3v) is 12.6. The number of anilines is 1. The van der Waals surface area contributed by atoms with Crippen molar-refractivity contribution in [2.45, 2.75) is 130 Å². The molecule has 3 rings (SSSR count). The van der Waals surface area contributed by atoms with Gasteiger partial charge in [0.05, 0.1) is 49.8 Å². The summed E-state index contributed by atoms with van der Waals surface area (Å²) in [4.78, 5) is 79.2. The Morgan fingerprint density at radius 1 is 0.918 bits per heavy atom. The molecule has 9 atom stereocenters. The summed E-state index contributed by atoms with van der Waals surface area (Å²) < 4.78 is 17.1. The number of likely N-dealkylation sites (tertiary alicyclic amines) is 1. The summed E-state index contributed by atoms with van der Waals surface area (Å²) in [5, 5.41) is 2.87. The largest absolute Gasteiger partial charge is 0.467 e. The maximum atomic E-state index is 14.6. The molecule has 2 aromatic rings. The van der Waals surface area contributed by atoms with Crippen LogP contribution in [0.25, 0.3) is 0 Å². The third-order valence-electron chi connectivity index (χ3n) is 12.6. The van der Waals surface area contributed by atoms with Crippen molar-refractivity contribution in [3.8, 4) is 0 Å². The molecule has 1 aliphatic rings. The Kier molecular flexibility index (Phi) is 20.3. The van der Waals surface area contributed by atoms with Crippen LogP contribution in [0.2, 0.25) is 0 Å². The monoisotopic (exact) mass is 851 g/mol. The summed E-state index contributed by atoms with van der Waals surface area (Å²) >= 11 is 0. The Morgan fingerprint density at radius 2 is 1.59 bits per heavy atom. The Balaban J connectivity index is 1.79.